The Morgan fingerprint density at radius 1 is 1.26 bits per heavy atom. The fraction of sp³-hybridized carbons (Fsp3) is 0.286. The summed E-state index contributed by atoms with van der Waals surface area (Å²) in [6.45, 7) is 5.66. The molecule has 0 radical (unpaired) electrons. The minimum atomic E-state index is 0.437. The van der Waals surface area contributed by atoms with E-state index in [-0.39, 0.29) is 0 Å². The van der Waals surface area contributed by atoms with Gasteiger partial charge in [-0.2, -0.15) is 4.98 Å². The number of nitrogens with two attached hydrogens (primary N) is 1. The molecule has 1 heterocycles. The molecule has 2 rings (SSSR count). The molecular weight excluding hydrogens is 262 g/mol. The van der Waals surface area contributed by atoms with Gasteiger partial charge in [0.15, 0.2) is 0 Å². The first kappa shape index (κ1) is 13.6. The lowest BCUT2D eigenvalue weighted by Gasteiger charge is -2.11. The molecule has 0 fully saturated rings. The van der Waals surface area contributed by atoms with Crippen LogP contribution in [0.3, 0.4) is 0 Å². The Kier molecular flexibility index (Phi) is 3.90. The Bertz CT molecular complexity index is 614. The smallest absolute Gasteiger partial charge is 0.227 e. The van der Waals surface area contributed by atoms with Gasteiger partial charge in [0.05, 0.1) is 5.56 Å². The summed E-state index contributed by atoms with van der Waals surface area (Å²) in [6.07, 6.45) is 0.847. The van der Waals surface area contributed by atoms with Crippen LogP contribution in [0.2, 0.25) is 5.02 Å². The fourth-order valence-electron chi connectivity index (χ4n) is 1.72. The van der Waals surface area contributed by atoms with Crippen molar-refractivity contribution in [3.8, 4) is 11.6 Å². The monoisotopic (exact) mass is 277 g/mol. The number of aromatic nitrogens is 2. The van der Waals surface area contributed by atoms with Crippen molar-refractivity contribution in [1.29, 1.82) is 0 Å². The number of ether oxygens (including phenoxy) is 1. The van der Waals surface area contributed by atoms with E-state index in [9.17, 15) is 0 Å². The molecule has 1 aromatic carbocycles. The van der Waals surface area contributed by atoms with E-state index in [0.717, 1.165) is 22.6 Å². The lowest BCUT2D eigenvalue weighted by atomic mass is 10.1. The number of anilines is 1. The van der Waals surface area contributed by atoms with E-state index < -0.39 is 0 Å². The zero-order chi connectivity index (χ0) is 14.0. The van der Waals surface area contributed by atoms with Crippen LogP contribution in [-0.4, -0.2) is 9.97 Å². The molecule has 2 aromatic rings. The van der Waals surface area contributed by atoms with E-state index in [2.05, 4.69) is 9.97 Å². The van der Waals surface area contributed by atoms with Crippen molar-refractivity contribution < 1.29 is 4.74 Å². The molecule has 0 saturated carbocycles. The molecular formula is C14H16ClN3O. The number of hydrogen-bond donors (Lipinski definition) is 1. The third kappa shape index (κ3) is 2.96. The number of rotatable bonds is 3. The van der Waals surface area contributed by atoms with Crippen molar-refractivity contribution in [2.45, 2.75) is 27.2 Å². The molecule has 0 aliphatic rings. The lowest BCUT2D eigenvalue weighted by Crippen LogP contribution is -2.02. The van der Waals surface area contributed by atoms with Crippen LogP contribution in [0.15, 0.2) is 18.2 Å². The first-order valence-electron chi connectivity index (χ1n) is 6.08. The van der Waals surface area contributed by atoms with Crippen LogP contribution < -0.4 is 10.5 Å². The zero-order valence-electron chi connectivity index (χ0n) is 11.2. The quantitative estimate of drug-likeness (QED) is 0.929. The summed E-state index contributed by atoms with van der Waals surface area (Å²) >= 11 is 6.08. The van der Waals surface area contributed by atoms with Crippen LogP contribution in [0, 0.1) is 13.8 Å². The summed E-state index contributed by atoms with van der Waals surface area (Å²) in [5, 5.41) is 0.741. The highest BCUT2D eigenvalue weighted by atomic mass is 35.5. The van der Waals surface area contributed by atoms with Crippen LogP contribution in [0.5, 0.6) is 11.6 Å². The van der Waals surface area contributed by atoms with Crippen LogP contribution in [0.1, 0.15) is 23.9 Å². The highest BCUT2D eigenvalue weighted by Crippen LogP contribution is 2.28. The van der Waals surface area contributed by atoms with E-state index in [4.69, 9.17) is 22.1 Å². The first-order chi connectivity index (χ1) is 9.01. The summed E-state index contributed by atoms with van der Waals surface area (Å²) in [6, 6.07) is 5.55. The predicted octanol–water partition coefficient (Wildman–Crippen LogP) is 3.68. The van der Waals surface area contributed by atoms with Crippen LogP contribution in [-0.2, 0) is 6.42 Å². The Hall–Kier alpha value is -1.81. The number of aryl methyl sites for hydroxylation is 2. The highest BCUT2D eigenvalue weighted by Gasteiger charge is 2.10. The normalized spacial score (nSPS) is 10.5. The van der Waals surface area contributed by atoms with Crippen molar-refractivity contribution in [3.63, 3.8) is 0 Å². The summed E-state index contributed by atoms with van der Waals surface area (Å²) in [4.78, 5) is 8.35. The van der Waals surface area contributed by atoms with Gasteiger partial charge >= 0.3 is 0 Å². The molecule has 0 aliphatic heterocycles. The minimum Gasteiger partial charge on any atom is -0.439 e. The number of hydrogen-bond acceptors (Lipinski definition) is 4. The van der Waals surface area contributed by atoms with Crippen molar-refractivity contribution in [1.82, 2.24) is 9.97 Å². The minimum absolute atomic E-state index is 0.437. The number of halogens is 1. The van der Waals surface area contributed by atoms with Crippen molar-refractivity contribution in [2.75, 3.05) is 5.73 Å². The molecule has 0 spiro atoms. The summed E-state index contributed by atoms with van der Waals surface area (Å²) in [7, 11) is 0. The Morgan fingerprint density at radius 2 is 2.00 bits per heavy atom. The second kappa shape index (κ2) is 5.45. The predicted molar refractivity (Wildman–Crippen MR) is 76.8 cm³/mol. The summed E-state index contributed by atoms with van der Waals surface area (Å²) < 4.78 is 5.78. The van der Waals surface area contributed by atoms with Gasteiger partial charge in [0, 0.05) is 5.02 Å². The first-order valence-corrected chi connectivity index (χ1v) is 6.46. The lowest BCUT2D eigenvalue weighted by molar-refractivity contribution is 0.455. The molecule has 19 heavy (non-hydrogen) atoms. The SMILES string of the molecule is CCc1cc(Oc2nc(C)nc(N)c2C)ccc1Cl. The van der Waals surface area contributed by atoms with Crippen molar-refractivity contribution in [2.24, 2.45) is 0 Å². The summed E-state index contributed by atoms with van der Waals surface area (Å²) in [5.74, 6) is 2.20. The third-order valence-corrected chi connectivity index (χ3v) is 3.23. The molecule has 2 N–H and O–H groups in total. The molecule has 0 unspecified atom stereocenters. The zero-order valence-corrected chi connectivity index (χ0v) is 12.0. The van der Waals surface area contributed by atoms with E-state index in [1.807, 2.05) is 32.0 Å². The molecule has 0 atom stereocenters. The standard InChI is InChI=1S/C14H16ClN3O/c1-4-10-7-11(5-6-12(10)15)19-14-8(2)13(16)17-9(3)18-14/h5-7H,4H2,1-3H3,(H2,16,17,18). The molecule has 100 valence electrons. The van der Waals surface area contributed by atoms with Crippen molar-refractivity contribution >= 4 is 17.4 Å². The topological polar surface area (TPSA) is 61.0 Å². The van der Waals surface area contributed by atoms with E-state index in [0.29, 0.717) is 23.3 Å². The maximum atomic E-state index is 6.08. The van der Waals surface area contributed by atoms with Gasteiger partial charge in [-0.1, -0.05) is 18.5 Å². The molecule has 0 aliphatic carbocycles. The summed E-state index contributed by atoms with van der Waals surface area (Å²) in [5.41, 5.74) is 7.58. The Labute approximate surface area is 117 Å². The Balaban J connectivity index is 2.36. The van der Waals surface area contributed by atoms with Crippen LogP contribution in [0.4, 0.5) is 5.82 Å². The van der Waals surface area contributed by atoms with Gasteiger partial charge in [0.2, 0.25) is 5.88 Å². The van der Waals surface area contributed by atoms with Crippen LogP contribution in [0.25, 0.3) is 0 Å². The molecule has 0 amide bonds. The van der Waals surface area contributed by atoms with Gasteiger partial charge in [-0.05, 0) is 44.0 Å². The molecule has 4 nitrogen and oxygen atoms in total. The van der Waals surface area contributed by atoms with Crippen molar-refractivity contribution in [3.05, 3.63) is 40.2 Å². The van der Waals surface area contributed by atoms with E-state index in [1.54, 1.807) is 6.92 Å². The van der Waals surface area contributed by atoms with Crippen LogP contribution >= 0.6 is 11.6 Å². The second-order valence-electron chi connectivity index (χ2n) is 4.30. The Morgan fingerprint density at radius 3 is 2.68 bits per heavy atom. The second-order valence-corrected chi connectivity index (χ2v) is 4.70. The molecule has 1 aromatic heterocycles. The highest BCUT2D eigenvalue weighted by molar-refractivity contribution is 6.31. The fourth-order valence-corrected chi connectivity index (χ4v) is 1.97. The van der Waals surface area contributed by atoms with Gasteiger partial charge < -0.3 is 10.5 Å². The average Bonchev–Trinajstić information content (AvgIpc) is 2.37. The number of nitrogen functional groups attached to an aromatic ring is 1. The number of nitrogens with zero attached hydrogens (tertiary/aromatic N) is 2. The number of benzene rings is 1. The average molecular weight is 278 g/mol. The van der Waals surface area contributed by atoms with Gasteiger partial charge in [-0.15, -0.1) is 0 Å². The maximum absolute atomic E-state index is 6.08. The van der Waals surface area contributed by atoms with Gasteiger partial charge in [0.1, 0.15) is 17.4 Å². The molecule has 0 bridgehead atoms. The maximum Gasteiger partial charge on any atom is 0.227 e. The largest absolute Gasteiger partial charge is 0.439 e. The van der Waals surface area contributed by atoms with Gasteiger partial charge in [0.25, 0.3) is 0 Å². The van der Waals surface area contributed by atoms with Gasteiger partial charge in [-0.3, -0.25) is 0 Å². The van der Waals surface area contributed by atoms with E-state index in [1.165, 1.54) is 0 Å². The molecule has 5 heteroatoms. The van der Waals surface area contributed by atoms with Gasteiger partial charge in [-0.25, -0.2) is 4.98 Å². The molecule has 0 saturated heterocycles. The van der Waals surface area contributed by atoms with E-state index >= 15 is 0 Å². The third-order valence-electron chi connectivity index (χ3n) is 2.86.